The third-order valence-electron chi connectivity index (χ3n) is 8.74. The van der Waals surface area contributed by atoms with E-state index in [1.165, 1.54) is 18.5 Å². The van der Waals surface area contributed by atoms with E-state index in [2.05, 4.69) is 86.4 Å². The molecular formula is C40H30Br2Cl2F4N8OSi. The third kappa shape index (κ3) is 9.32. The Kier molecular flexibility index (Phi) is 12.4. The molecule has 6 aromatic heterocycles. The Morgan fingerprint density at radius 3 is 1.86 bits per heavy atom. The Morgan fingerprint density at radius 1 is 0.672 bits per heavy atom. The standard InChI is InChI=1S/C23H22BrClF2N4OSi.C17H8BrClF2N4/c1-33(2,3)7-6-32-13-31-12-29-22(23(31)15-9-16(25)18(27)10-17(15)26)20-5-4-19-21(30-20)8-14(24)11-28-19;18-8-3-15-13(22-6-8)1-2-14(25-15)17-16(23-7-24-17)9-4-10(19)12(21)5-11(9)20/h4-5,8-12H,6-7,13H2,1-3H3;1-7H,(H,23,24). The predicted octanol–water partition coefficient (Wildman–Crippen LogP) is 12.5. The van der Waals surface area contributed by atoms with Crippen molar-refractivity contribution in [2.75, 3.05) is 6.61 Å². The number of imidazole rings is 2. The molecule has 2 aromatic carbocycles. The number of aromatic amines is 1. The number of nitrogens with one attached hydrogen (secondary N) is 1. The van der Waals surface area contributed by atoms with Crippen molar-refractivity contribution in [3.8, 4) is 45.3 Å². The Balaban J connectivity index is 0.000000183. The van der Waals surface area contributed by atoms with Gasteiger partial charge in [-0.2, -0.15) is 0 Å². The predicted molar refractivity (Wildman–Crippen MR) is 228 cm³/mol. The maximum Gasteiger partial charge on any atom is 0.144 e. The number of hydrogen-bond acceptors (Lipinski definition) is 7. The van der Waals surface area contributed by atoms with Crippen LogP contribution in [0.15, 0.2) is 94.7 Å². The van der Waals surface area contributed by atoms with Crippen LogP contribution in [0, 0.1) is 23.3 Å². The molecule has 0 spiro atoms. The highest BCUT2D eigenvalue weighted by Crippen LogP contribution is 2.36. The van der Waals surface area contributed by atoms with Crippen LogP contribution in [0.5, 0.6) is 0 Å². The van der Waals surface area contributed by atoms with Gasteiger partial charge in [-0.3, -0.25) is 9.97 Å². The van der Waals surface area contributed by atoms with Gasteiger partial charge in [0, 0.05) is 59.3 Å². The number of aromatic nitrogens is 8. The lowest BCUT2D eigenvalue weighted by Crippen LogP contribution is -2.22. The van der Waals surface area contributed by atoms with Crippen molar-refractivity contribution >= 4 is 85.2 Å². The number of benzene rings is 2. The van der Waals surface area contributed by atoms with Crippen LogP contribution in [-0.4, -0.2) is 54.1 Å². The summed E-state index contributed by atoms with van der Waals surface area (Å²) in [4.78, 5) is 29.4. The zero-order valence-electron chi connectivity index (χ0n) is 30.8. The summed E-state index contributed by atoms with van der Waals surface area (Å²) in [7, 11) is -1.26. The van der Waals surface area contributed by atoms with E-state index >= 15 is 0 Å². The highest BCUT2D eigenvalue weighted by Gasteiger charge is 2.23. The van der Waals surface area contributed by atoms with E-state index in [0.717, 1.165) is 32.6 Å². The molecule has 296 valence electrons. The molecule has 0 saturated carbocycles. The first-order valence-electron chi connectivity index (χ1n) is 17.5. The van der Waals surface area contributed by atoms with Gasteiger partial charge in [0.25, 0.3) is 0 Å². The number of pyridine rings is 4. The van der Waals surface area contributed by atoms with Gasteiger partial charge in [-0.05, 0) is 86.4 Å². The second-order valence-corrected chi connectivity index (χ2v) is 22.4. The number of halogens is 8. The van der Waals surface area contributed by atoms with E-state index in [1.54, 1.807) is 35.4 Å². The Bertz CT molecular complexity index is 2820. The highest BCUT2D eigenvalue weighted by atomic mass is 79.9. The van der Waals surface area contributed by atoms with Crippen LogP contribution in [0.2, 0.25) is 35.7 Å². The minimum absolute atomic E-state index is 0.0944. The minimum atomic E-state index is -1.26. The molecule has 6 heterocycles. The number of hydrogen-bond donors (Lipinski definition) is 1. The van der Waals surface area contributed by atoms with E-state index in [4.69, 9.17) is 27.9 Å². The molecule has 0 aliphatic carbocycles. The molecule has 8 aromatic rings. The summed E-state index contributed by atoms with van der Waals surface area (Å²) in [6.07, 6.45) is 6.37. The van der Waals surface area contributed by atoms with Gasteiger partial charge in [0.15, 0.2) is 0 Å². The molecule has 0 atom stereocenters. The van der Waals surface area contributed by atoms with Crippen LogP contribution in [0.4, 0.5) is 17.6 Å². The molecule has 0 saturated heterocycles. The summed E-state index contributed by atoms with van der Waals surface area (Å²) < 4.78 is 65.5. The lowest BCUT2D eigenvalue weighted by atomic mass is 10.1. The fourth-order valence-corrected chi connectivity index (χ4v) is 7.55. The molecule has 0 unspecified atom stereocenters. The van der Waals surface area contributed by atoms with Gasteiger partial charge in [-0.25, -0.2) is 37.5 Å². The molecule has 0 radical (unpaired) electrons. The first-order chi connectivity index (χ1) is 27.6. The van der Waals surface area contributed by atoms with Crippen molar-refractivity contribution in [1.82, 2.24) is 39.5 Å². The monoisotopic (exact) mass is 970 g/mol. The number of rotatable bonds is 9. The van der Waals surface area contributed by atoms with Crippen LogP contribution in [0.1, 0.15) is 0 Å². The molecule has 0 bridgehead atoms. The lowest BCUT2D eigenvalue weighted by molar-refractivity contribution is 0.0882. The minimum Gasteiger partial charge on any atom is -0.361 e. The van der Waals surface area contributed by atoms with Crippen molar-refractivity contribution in [2.24, 2.45) is 0 Å². The molecule has 58 heavy (non-hydrogen) atoms. The van der Waals surface area contributed by atoms with E-state index in [0.29, 0.717) is 57.3 Å². The summed E-state index contributed by atoms with van der Waals surface area (Å²) >= 11 is 18.6. The fraction of sp³-hybridized carbons (Fsp3) is 0.150. The SMILES string of the molecule is C[Si](C)(C)CCOCn1cnc(-c2ccc3ncc(Br)cc3n2)c1-c1cc(Cl)c(F)cc1F.Fc1cc(F)c(-c2nc[nH]c2-c2ccc3ncc(Br)cc3n2)cc1Cl. The van der Waals surface area contributed by atoms with Gasteiger partial charge >= 0.3 is 0 Å². The number of nitrogens with zero attached hydrogens (tertiary/aromatic N) is 7. The Hall–Kier alpha value is -4.58. The van der Waals surface area contributed by atoms with Crippen LogP contribution in [-0.2, 0) is 11.5 Å². The zero-order chi connectivity index (χ0) is 41.3. The van der Waals surface area contributed by atoms with Crippen LogP contribution < -0.4 is 0 Å². The van der Waals surface area contributed by atoms with Crippen LogP contribution in [0.25, 0.3) is 67.4 Å². The summed E-state index contributed by atoms with van der Waals surface area (Å²) in [5.74, 6) is -3.14. The van der Waals surface area contributed by atoms with Crippen molar-refractivity contribution in [3.05, 3.63) is 128 Å². The van der Waals surface area contributed by atoms with Gasteiger partial charge in [-0.1, -0.05) is 42.8 Å². The fourth-order valence-electron chi connectivity index (χ4n) is 5.83. The highest BCUT2D eigenvalue weighted by molar-refractivity contribution is 9.10. The topological polar surface area (TPSA) is 107 Å². The quantitative estimate of drug-likeness (QED) is 0.0664. The van der Waals surface area contributed by atoms with Crippen molar-refractivity contribution in [1.29, 1.82) is 0 Å². The summed E-state index contributed by atoms with van der Waals surface area (Å²) in [6, 6.07) is 15.8. The second-order valence-electron chi connectivity index (χ2n) is 14.2. The summed E-state index contributed by atoms with van der Waals surface area (Å²) in [6.45, 7) is 7.56. The first kappa shape index (κ1) is 41.6. The van der Waals surface area contributed by atoms with E-state index < -0.39 is 31.3 Å². The second kappa shape index (κ2) is 17.3. The van der Waals surface area contributed by atoms with Gasteiger partial charge in [-0.15, -0.1) is 0 Å². The van der Waals surface area contributed by atoms with Crippen LogP contribution in [0.3, 0.4) is 0 Å². The molecule has 0 fully saturated rings. The smallest absolute Gasteiger partial charge is 0.144 e. The number of ether oxygens (including phenoxy) is 1. The maximum atomic E-state index is 14.9. The van der Waals surface area contributed by atoms with Gasteiger partial charge < -0.3 is 14.3 Å². The Morgan fingerprint density at radius 2 is 1.24 bits per heavy atom. The average molecular weight is 974 g/mol. The molecular weight excluding hydrogens is 943 g/mol. The molecule has 1 N–H and O–H groups in total. The first-order valence-corrected chi connectivity index (χ1v) is 23.5. The average Bonchev–Trinajstić information content (AvgIpc) is 3.83. The van der Waals surface area contributed by atoms with Crippen LogP contribution >= 0.6 is 55.1 Å². The summed E-state index contributed by atoms with van der Waals surface area (Å²) in [5, 5.41) is -0.352. The number of fused-ring (bicyclic) bond motifs is 2. The maximum absolute atomic E-state index is 14.9. The molecule has 0 amide bonds. The van der Waals surface area contributed by atoms with Gasteiger partial charge in [0.05, 0.1) is 67.5 Å². The molecule has 0 aliphatic rings. The normalized spacial score (nSPS) is 11.6. The van der Waals surface area contributed by atoms with Crippen molar-refractivity contribution in [3.63, 3.8) is 0 Å². The van der Waals surface area contributed by atoms with E-state index in [-0.39, 0.29) is 27.9 Å². The third-order valence-corrected chi connectivity index (χ3v) is 11.9. The zero-order valence-corrected chi connectivity index (χ0v) is 36.5. The molecule has 18 heteroatoms. The lowest BCUT2D eigenvalue weighted by Gasteiger charge is -2.16. The molecule has 0 aliphatic heterocycles. The summed E-state index contributed by atoms with van der Waals surface area (Å²) in [5.41, 5.74) is 5.72. The van der Waals surface area contributed by atoms with Crippen molar-refractivity contribution in [2.45, 2.75) is 32.4 Å². The van der Waals surface area contributed by atoms with Gasteiger partial charge in [0.2, 0.25) is 0 Å². The van der Waals surface area contributed by atoms with E-state index in [9.17, 15) is 17.6 Å². The molecule has 9 nitrogen and oxygen atoms in total. The molecule has 8 rings (SSSR count). The number of H-pyrrole nitrogens is 1. The van der Waals surface area contributed by atoms with E-state index in [1.807, 2.05) is 24.3 Å². The largest absolute Gasteiger partial charge is 0.361 e. The Labute approximate surface area is 357 Å². The van der Waals surface area contributed by atoms with Crippen molar-refractivity contribution < 1.29 is 22.3 Å². The van der Waals surface area contributed by atoms with Gasteiger partial charge in [0.1, 0.15) is 41.4 Å².